The summed E-state index contributed by atoms with van der Waals surface area (Å²) in [6.07, 6.45) is 3.85. The van der Waals surface area contributed by atoms with Gasteiger partial charge in [-0.15, -0.1) is 0 Å². The molecule has 1 heterocycles. The minimum Gasteiger partial charge on any atom is -0.478 e. The second-order valence-corrected chi connectivity index (χ2v) is 5.30. The third-order valence-electron chi connectivity index (χ3n) is 3.23. The lowest BCUT2D eigenvalue weighted by Crippen LogP contribution is -2.42. The van der Waals surface area contributed by atoms with Crippen LogP contribution < -0.4 is 9.64 Å². The zero-order valence-electron chi connectivity index (χ0n) is 11.0. The van der Waals surface area contributed by atoms with Crippen LogP contribution in [0, 0.1) is 6.92 Å². The summed E-state index contributed by atoms with van der Waals surface area (Å²) in [5, 5.41) is 0.955. The SMILES string of the molecule is CCOc1cc(N(CCBr)C2CCC2)nc(C)n1. The Morgan fingerprint density at radius 2 is 2.22 bits per heavy atom. The Labute approximate surface area is 117 Å². The fraction of sp³-hybridized carbons (Fsp3) is 0.692. The van der Waals surface area contributed by atoms with Crippen molar-refractivity contribution in [1.29, 1.82) is 0 Å². The molecule has 0 radical (unpaired) electrons. The smallest absolute Gasteiger partial charge is 0.218 e. The van der Waals surface area contributed by atoms with Crippen molar-refractivity contribution in [2.75, 3.05) is 23.4 Å². The van der Waals surface area contributed by atoms with E-state index < -0.39 is 0 Å². The number of nitrogens with zero attached hydrogens (tertiary/aromatic N) is 3. The largest absolute Gasteiger partial charge is 0.478 e. The summed E-state index contributed by atoms with van der Waals surface area (Å²) in [6, 6.07) is 2.59. The highest BCUT2D eigenvalue weighted by Gasteiger charge is 2.26. The maximum Gasteiger partial charge on any atom is 0.218 e. The number of alkyl halides is 1. The van der Waals surface area contributed by atoms with Crippen LogP contribution in [0.3, 0.4) is 0 Å². The molecule has 1 fully saturated rings. The Morgan fingerprint density at radius 1 is 1.44 bits per heavy atom. The van der Waals surface area contributed by atoms with E-state index in [4.69, 9.17) is 4.74 Å². The number of ether oxygens (including phenoxy) is 1. The van der Waals surface area contributed by atoms with E-state index >= 15 is 0 Å². The van der Waals surface area contributed by atoms with Gasteiger partial charge in [0, 0.05) is 24.0 Å². The Bertz CT molecular complexity index is 396. The predicted molar refractivity (Wildman–Crippen MR) is 76.7 cm³/mol. The molecular weight excluding hydrogens is 294 g/mol. The molecule has 0 bridgehead atoms. The number of aromatic nitrogens is 2. The normalized spacial score (nSPS) is 15.3. The molecule has 0 amide bonds. The Hall–Kier alpha value is -0.840. The number of halogens is 1. The quantitative estimate of drug-likeness (QED) is 0.757. The maximum atomic E-state index is 5.50. The lowest BCUT2D eigenvalue weighted by molar-refractivity contribution is 0.324. The van der Waals surface area contributed by atoms with E-state index in [-0.39, 0.29) is 0 Å². The van der Waals surface area contributed by atoms with Crippen molar-refractivity contribution in [2.45, 2.75) is 39.2 Å². The highest BCUT2D eigenvalue weighted by atomic mass is 79.9. The van der Waals surface area contributed by atoms with Crippen LogP contribution in [-0.2, 0) is 0 Å². The molecule has 1 aliphatic carbocycles. The average Bonchev–Trinajstić information content (AvgIpc) is 2.25. The first-order chi connectivity index (χ1) is 8.74. The van der Waals surface area contributed by atoms with E-state index in [0.717, 1.165) is 23.5 Å². The van der Waals surface area contributed by atoms with Gasteiger partial charge in [0.15, 0.2) is 0 Å². The van der Waals surface area contributed by atoms with E-state index in [1.54, 1.807) is 0 Å². The molecule has 1 aromatic heterocycles. The highest BCUT2D eigenvalue weighted by molar-refractivity contribution is 9.09. The molecule has 0 saturated heterocycles. The summed E-state index contributed by atoms with van der Waals surface area (Å²) in [4.78, 5) is 11.2. The number of aryl methyl sites for hydroxylation is 1. The molecule has 18 heavy (non-hydrogen) atoms. The van der Waals surface area contributed by atoms with Gasteiger partial charge in [-0.2, -0.15) is 4.98 Å². The summed E-state index contributed by atoms with van der Waals surface area (Å²) in [6.45, 7) is 5.50. The van der Waals surface area contributed by atoms with Gasteiger partial charge in [0.2, 0.25) is 5.88 Å². The lowest BCUT2D eigenvalue weighted by Gasteiger charge is -2.38. The van der Waals surface area contributed by atoms with Crippen LogP contribution in [0.2, 0.25) is 0 Å². The predicted octanol–water partition coefficient (Wildman–Crippen LogP) is 2.94. The van der Waals surface area contributed by atoms with E-state index in [2.05, 4.69) is 30.8 Å². The third-order valence-corrected chi connectivity index (χ3v) is 3.58. The topological polar surface area (TPSA) is 38.2 Å². The molecule has 1 aliphatic rings. The van der Waals surface area contributed by atoms with Gasteiger partial charge in [0.05, 0.1) is 6.61 Å². The summed E-state index contributed by atoms with van der Waals surface area (Å²) in [5.74, 6) is 2.45. The first kappa shape index (κ1) is 13.6. The first-order valence-corrected chi connectivity index (χ1v) is 7.67. The minimum absolute atomic E-state index is 0.631. The molecule has 1 aromatic rings. The Kier molecular flexibility index (Phi) is 4.80. The van der Waals surface area contributed by atoms with Crippen LogP contribution in [0.5, 0.6) is 5.88 Å². The van der Waals surface area contributed by atoms with E-state index in [1.807, 2.05) is 19.9 Å². The first-order valence-electron chi connectivity index (χ1n) is 6.55. The molecule has 0 atom stereocenters. The number of hydrogen-bond donors (Lipinski definition) is 0. The third kappa shape index (κ3) is 3.13. The number of hydrogen-bond acceptors (Lipinski definition) is 4. The van der Waals surface area contributed by atoms with Gasteiger partial charge in [-0.05, 0) is 33.1 Å². The van der Waals surface area contributed by atoms with Crippen LogP contribution in [0.1, 0.15) is 32.0 Å². The van der Waals surface area contributed by atoms with Gasteiger partial charge in [0.1, 0.15) is 11.6 Å². The maximum absolute atomic E-state index is 5.50. The molecule has 0 unspecified atom stereocenters. The van der Waals surface area contributed by atoms with Crippen LogP contribution in [-0.4, -0.2) is 34.5 Å². The molecule has 4 nitrogen and oxygen atoms in total. The fourth-order valence-corrected chi connectivity index (χ4v) is 2.55. The van der Waals surface area contributed by atoms with Crippen molar-refractivity contribution in [1.82, 2.24) is 9.97 Å². The van der Waals surface area contributed by atoms with Crippen LogP contribution >= 0.6 is 15.9 Å². The molecule has 0 aliphatic heterocycles. The van der Waals surface area contributed by atoms with Crippen LogP contribution in [0.15, 0.2) is 6.07 Å². The van der Waals surface area contributed by atoms with Gasteiger partial charge in [-0.1, -0.05) is 15.9 Å². The monoisotopic (exact) mass is 313 g/mol. The highest BCUT2D eigenvalue weighted by Crippen LogP contribution is 2.29. The van der Waals surface area contributed by atoms with Crippen LogP contribution in [0.4, 0.5) is 5.82 Å². The van der Waals surface area contributed by atoms with Crippen molar-refractivity contribution in [3.05, 3.63) is 11.9 Å². The van der Waals surface area contributed by atoms with E-state index in [0.29, 0.717) is 18.5 Å². The Morgan fingerprint density at radius 3 is 2.78 bits per heavy atom. The minimum atomic E-state index is 0.631. The summed E-state index contributed by atoms with van der Waals surface area (Å²) in [7, 11) is 0. The fourth-order valence-electron chi connectivity index (χ4n) is 2.17. The van der Waals surface area contributed by atoms with Gasteiger partial charge in [-0.25, -0.2) is 4.98 Å². The summed E-state index contributed by atoms with van der Waals surface area (Å²) < 4.78 is 5.50. The molecule has 5 heteroatoms. The van der Waals surface area contributed by atoms with E-state index in [1.165, 1.54) is 19.3 Å². The van der Waals surface area contributed by atoms with Gasteiger partial charge in [0.25, 0.3) is 0 Å². The lowest BCUT2D eigenvalue weighted by atomic mass is 9.91. The summed E-state index contributed by atoms with van der Waals surface area (Å²) in [5.41, 5.74) is 0. The number of rotatable bonds is 6. The molecule has 0 spiro atoms. The van der Waals surface area contributed by atoms with Crippen LogP contribution in [0.25, 0.3) is 0 Å². The van der Waals surface area contributed by atoms with Crippen molar-refractivity contribution < 1.29 is 4.74 Å². The second kappa shape index (κ2) is 6.36. The second-order valence-electron chi connectivity index (χ2n) is 4.51. The van der Waals surface area contributed by atoms with Crippen molar-refractivity contribution in [3.8, 4) is 5.88 Å². The van der Waals surface area contributed by atoms with Gasteiger partial charge in [-0.3, -0.25) is 0 Å². The zero-order valence-corrected chi connectivity index (χ0v) is 12.6. The summed E-state index contributed by atoms with van der Waals surface area (Å²) >= 11 is 3.52. The standard InChI is InChI=1S/C13H20BrN3O/c1-3-18-13-9-12(15-10(2)16-13)17(8-7-14)11-5-4-6-11/h9,11H,3-8H2,1-2H3. The molecular formula is C13H20BrN3O. The molecule has 0 N–H and O–H groups in total. The zero-order chi connectivity index (χ0) is 13.0. The molecule has 1 saturated carbocycles. The van der Waals surface area contributed by atoms with Gasteiger partial charge >= 0.3 is 0 Å². The van der Waals surface area contributed by atoms with Crippen molar-refractivity contribution in [2.24, 2.45) is 0 Å². The van der Waals surface area contributed by atoms with Crippen molar-refractivity contribution in [3.63, 3.8) is 0 Å². The van der Waals surface area contributed by atoms with Crippen molar-refractivity contribution >= 4 is 21.7 Å². The number of anilines is 1. The average molecular weight is 314 g/mol. The Balaban J connectivity index is 2.22. The molecule has 100 valence electrons. The van der Waals surface area contributed by atoms with E-state index in [9.17, 15) is 0 Å². The molecule has 0 aromatic carbocycles. The van der Waals surface area contributed by atoms with Gasteiger partial charge < -0.3 is 9.64 Å². The molecule has 2 rings (SSSR count).